The number of nitro benzene ring substituents is 1. The number of non-ortho nitro benzene ring substituents is 1. The minimum Gasteiger partial charge on any atom is -0.298 e. The molecule has 118 valence electrons. The molecule has 0 unspecified atom stereocenters. The summed E-state index contributed by atoms with van der Waals surface area (Å²) in [7, 11) is 0. The quantitative estimate of drug-likeness (QED) is 0.379. The van der Waals surface area contributed by atoms with Crippen molar-refractivity contribution in [1.82, 2.24) is 0 Å². The molecule has 23 heavy (non-hydrogen) atoms. The Labute approximate surface area is 140 Å². The second-order valence-corrected chi connectivity index (χ2v) is 5.03. The summed E-state index contributed by atoms with van der Waals surface area (Å²) in [6.07, 6.45) is 0.339. The van der Waals surface area contributed by atoms with E-state index in [1.165, 1.54) is 36.5 Å². The molecule has 7 nitrogen and oxygen atoms in total. The SMILES string of the molecule is O=C(Nc1ccc(Cl)c(Cl)c1)O/N=C\c1cccc([N+](=O)[O-])c1. The summed E-state index contributed by atoms with van der Waals surface area (Å²) in [6, 6.07) is 10.2. The van der Waals surface area contributed by atoms with Crippen LogP contribution in [0.1, 0.15) is 5.56 Å². The predicted molar refractivity (Wildman–Crippen MR) is 87.3 cm³/mol. The van der Waals surface area contributed by atoms with Crippen LogP contribution in [0.5, 0.6) is 0 Å². The van der Waals surface area contributed by atoms with Crippen LogP contribution in [0.15, 0.2) is 47.6 Å². The van der Waals surface area contributed by atoms with E-state index in [4.69, 9.17) is 23.2 Å². The zero-order valence-corrected chi connectivity index (χ0v) is 12.9. The molecule has 2 aromatic carbocycles. The highest BCUT2D eigenvalue weighted by molar-refractivity contribution is 6.42. The van der Waals surface area contributed by atoms with Gasteiger partial charge in [0.15, 0.2) is 0 Å². The number of hydrogen-bond acceptors (Lipinski definition) is 5. The summed E-state index contributed by atoms with van der Waals surface area (Å²) in [5.74, 6) is 0. The van der Waals surface area contributed by atoms with Gasteiger partial charge in [0.05, 0.1) is 21.2 Å². The van der Waals surface area contributed by atoms with Crippen molar-refractivity contribution in [2.45, 2.75) is 0 Å². The lowest BCUT2D eigenvalue weighted by molar-refractivity contribution is -0.384. The number of nitro groups is 1. The average Bonchev–Trinajstić information content (AvgIpc) is 2.51. The highest BCUT2D eigenvalue weighted by Gasteiger charge is 2.06. The number of halogens is 2. The second-order valence-electron chi connectivity index (χ2n) is 4.22. The van der Waals surface area contributed by atoms with Gasteiger partial charge in [0, 0.05) is 23.4 Å². The van der Waals surface area contributed by atoms with Crippen molar-refractivity contribution in [1.29, 1.82) is 0 Å². The zero-order valence-electron chi connectivity index (χ0n) is 11.4. The molecular formula is C14H9Cl2N3O4. The van der Waals surface area contributed by atoms with E-state index >= 15 is 0 Å². The van der Waals surface area contributed by atoms with Crippen LogP contribution in [0.3, 0.4) is 0 Å². The fourth-order valence-corrected chi connectivity index (χ4v) is 1.87. The maximum Gasteiger partial charge on any atom is 0.437 e. The van der Waals surface area contributed by atoms with Gasteiger partial charge in [-0.25, -0.2) is 4.79 Å². The minimum absolute atomic E-state index is 0.0887. The third kappa shape index (κ3) is 4.94. The molecule has 1 N–H and O–H groups in total. The van der Waals surface area contributed by atoms with E-state index in [9.17, 15) is 14.9 Å². The predicted octanol–water partition coefficient (Wildman–Crippen LogP) is 4.48. The van der Waals surface area contributed by atoms with Crippen molar-refractivity contribution < 1.29 is 14.6 Å². The number of oxime groups is 1. The average molecular weight is 354 g/mol. The van der Waals surface area contributed by atoms with E-state index in [-0.39, 0.29) is 10.7 Å². The number of nitrogens with one attached hydrogen (secondary N) is 1. The lowest BCUT2D eigenvalue weighted by Crippen LogP contribution is -2.10. The van der Waals surface area contributed by atoms with Gasteiger partial charge < -0.3 is 0 Å². The third-order valence-electron chi connectivity index (χ3n) is 2.58. The first-order valence-corrected chi connectivity index (χ1v) is 6.92. The molecule has 0 heterocycles. The van der Waals surface area contributed by atoms with Gasteiger partial charge in [-0.1, -0.05) is 40.5 Å². The lowest BCUT2D eigenvalue weighted by atomic mass is 10.2. The molecule has 0 saturated heterocycles. The van der Waals surface area contributed by atoms with Gasteiger partial charge in [-0.15, -0.1) is 0 Å². The number of rotatable bonds is 4. The Hall–Kier alpha value is -2.64. The van der Waals surface area contributed by atoms with E-state index in [0.717, 1.165) is 0 Å². The Kier molecular flexibility index (Phi) is 5.51. The monoisotopic (exact) mass is 353 g/mol. The lowest BCUT2D eigenvalue weighted by Gasteiger charge is -2.03. The third-order valence-corrected chi connectivity index (χ3v) is 3.32. The number of anilines is 1. The van der Waals surface area contributed by atoms with Crippen LogP contribution in [0, 0.1) is 10.1 Å². The Balaban J connectivity index is 1.94. The fraction of sp³-hybridized carbons (Fsp3) is 0. The van der Waals surface area contributed by atoms with Crippen molar-refractivity contribution >= 4 is 46.9 Å². The molecule has 9 heteroatoms. The molecule has 0 fully saturated rings. The minimum atomic E-state index is -0.843. The van der Waals surface area contributed by atoms with Crippen LogP contribution in [-0.2, 0) is 4.84 Å². The fourth-order valence-electron chi connectivity index (χ4n) is 1.57. The maximum absolute atomic E-state index is 11.5. The topological polar surface area (TPSA) is 93.8 Å². The maximum atomic E-state index is 11.5. The van der Waals surface area contributed by atoms with Gasteiger partial charge in [0.1, 0.15) is 0 Å². The van der Waals surface area contributed by atoms with Crippen molar-refractivity contribution in [3.05, 3.63) is 68.2 Å². The van der Waals surface area contributed by atoms with E-state index < -0.39 is 11.0 Å². The smallest absolute Gasteiger partial charge is 0.298 e. The van der Waals surface area contributed by atoms with Gasteiger partial charge in [0.2, 0.25) is 0 Å². The molecule has 0 aliphatic heterocycles. The van der Waals surface area contributed by atoms with Crippen molar-refractivity contribution in [2.75, 3.05) is 5.32 Å². The van der Waals surface area contributed by atoms with Gasteiger partial charge in [-0.2, -0.15) is 0 Å². The molecule has 1 amide bonds. The summed E-state index contributed by atoms with van der Waals surface area (Å²) in [5, 5.41) is 17.1. The van der Waals surface area contributed by atoms with Gasteiger partial charge in [0.25, 0.3) is 5.69 Å². The number of carbonyl (C=O) groups excluding carboxylic acids is 1. The highest BCUT2D eigenvalue weighted by Crippen LogP contribution is 2.25. The molecule has 0 aromatic heterocycles. The molecule has 2 rings (SSSR count). The van der Waals surface area contributed by atoms with E-state index in [1.54, 1.807) is 12.1 Å². The number of carbonyl (C=O) groups is 1. The number of hydrogen-bond donors (Lipinski definition) is 1. The molecule has 0 aliphatic rings. The van der Waals surface area contributed by atoms with Crippen molar-refractivity contribution in [3.8, 4) is 0 Å². The zero-order chi connectivity index (χ0) is 16.8. The van der Waals surface area contributed by atoms with Gasteiger partial charge in [-0.05, 0) is 18.2 Å². The standard InChI is InChI=1S/C14H9Cl2N3O4/c15-12-5-4-10(7-13(12)16)18-14(20)23-17-8-9-2-1-3-11(6-9)19(21)22/h1-8H,(H,18,20)/b17-8-. The van der Waals surface area contributed by atoms with Crippen LogP contribution in [0.4, 0.5) is 16.2 Å². The van der Waals surface area contributed by atoms with Crippen LogP contribution in [-0.4, -0.2) is 17.2 Å². The van der Waals surface area contributed by atoms with E-state index in [0.29, 0.717) is 16.3 Å². The van der Waals surface area contributed by atoms with Crippen LogP contribution < -0.4 is 5.32 Å². The van der Waals surface area contributed by atoms with Crippen LogP contribution in [0.25, 0.3) is 0 Å². The Morgan fingerprint density at radius 1 is 1.22 bits per heavy atom. The number of nitrogens with zero attached hydrogens (tertiary/aromatic N) is 2. The molecule has 0 aliphatic carbocycles. The molecule has 2 aromatic rings. The molecule has 0 spiro atoms. The summed E-state index contributed by atoms with van der Waals surface area (Å²) in [6.45, 7) is 0. The van der Waals surface area contributed by atoms with Gasteiger partial charge >= 0.3 is 6.09 Å². The first-order chi connectivity index (χ1) is 11.0. The van der Waals surface area contributed by atoms with E-state index in [1.807, 2.05) is 0 Å². The summed E-state index contributed by atoms with van der Waals surface area (Å²) >= 11 is 11.6. The van der Waals surface area contributed by atoms with Gasteiger partial charge in [-0.3, -0.25) is 20.3 Å². The molecule has 0 atom stereocenters. The van der Waals surface area contributed by atoms with Crippen molar-refractivity contribution in [2.24, 2.45) is 5.16 Å². The number of benzene rings is 2. The van der Waals surface area contributed by atoms with Crippen LogP contribution in [0.2, 0.25) is 10.0 Å². The second kappa shape index (κ2) is 7.57. The first kappa shape index (κ1) is 16.7. The largest absolute Gasteiger partial charge is 0.437 e. The summed E-state index contributed by atoms with van der Waals surface area (Å²) in [5.41, 5.74) is 0.714. The number of amides is 1. The Bertz CT molecular complexity index is 780. The highest BCUT2D eigenvalue weighted by atomic mass is 35.5. The molecule has 0 radical (unpaired) electrons. The normalized spacial score (nSPS) is 10.5. The Morgan fingerprint density at radius 2 is 2.00 bits per heavy atom. The first-order valence-electron chi connectivity index (χ1n) is 6.16. The summed E-state index contributed by atoms with van der Waals surface area (Å²) in [4.78, 5) is 26.2. The molecular weight excluding hydrogens is 345 g/mol. The van der Waals surface area contributed by atoms with Crippen molar-refractivity contribution in [3.63, 3.8) is 0 Å². The van der Waals surface area contributed by atoms with Crippen LogP contribution >= 0.6 is 23.2 Å². The van der Waals surface area contributed by atoms with E-state index in [2.05, 4.69) is 15.3 Å². The summed E-state index contributed by atoms with van der Waals surface area (Å²) < 4.78 is 0. The Morgan fingerprint density at radius 3 is 2.70 bits per heavy atom. The molecule has 0 bridgehead atoms. The molecule has 0 saturated carbocycles.